The van der Waals surface area contributed by atoms with Crippen LogP contribution in [0.3, 0.4) is 0 Å². The number of tetrazole rings is 1. The standard InChI is InChI=1S/C6H5N5O/c7-5(12)4-2-1-3-11-6(4)8-9-10-11/h1-3H,(H2,7,12). The molecule has 0 bridgehead atoms. The van der Waals surface area contributed by atoms with Crippen LogP contribution < -0.4 is 5.73 Å². The van der Waals surface area contributed by atoms with Crippen LogP contribution in [0.1, 0.15) is 10.4 Å². The predicted octanol–water partition coefficient (Wildman–Crippen LogP) is -0.777. The molecule has 0 saturated heterocycles. The van der Waals surface area contributed by atoms with Crippen molar-refractivity contribution in [3.63, 3.8) is 0 Å². The molecule has 2 aromatic rings. The van der Waals surface area contributed by atoms with E-state index in [4.69, 9.17) is 5.73 Å². The smallest absolute Gasteiger partial charge is 0.252 e. The molecule has 6 heteroatoms. The van der Waals surface area contributed by atoms with Crippen LogP contribution in [0.15, 0.2) is 18.3 Å². The number of hydrogen-bond acceptors (Lipinski definition) is 4. The fourth-order valence-corrected chi connectivity index (χ4v) is 0.959. The number of nitrogens with two attached hydrogens (primary N) is 1. The summed E-state index contributed by atoms with van der Waals surface area (Å²) in [7, 11) is 0. The largest absolute Gasteiger partial charge is 0.365 e. The highest BCUT2D eigenvalue weighted by atomic mass is 16.1. The summed E-state index contributed by atoms with van der Waals surface area (Å²) in [5.74, 6) is -0.532. The van der Waals surface area contributed by atoms with Crippen molar-refractivity contribution in [2.45, 2.75) is 0 Å². The Kier molecular flexibility index (Phi) is 1.26. The molecule has 12 heavy (non-hydrogen) atoms. The number of aromatic nitrogens is 4. The van der Waals surface area contributed by atoms with Crippen molar-refractivity contribution in [2.75, 3.05) is 0 Å². The van der Waals surface area contributed by atoms with E-state index in [0.717, 1.165) is 0 Å². The van der Waals surface area contributed by atoms with Gasteiger partial charge in [0.05, 0.1) is 5.56 Å². The van der Waals surface area contributed by atoms with E-state index in [2.05, 4.69) is 15.5 Å². The summed E-state index contributed by atoms with van der Waals surface area (Å²) in [5.41, 5.74) is 5.79. The lowest BCUT2D eigenvalue weighted by Gasteiger charge is -1.94. The molecule has 0 aliphatic heterocycles. The Morgan fingerprint density at radius 3 is 3.17 bits per heavy atom. The van der Waals surface area contributed by atoms with Crippen molar-refractivity contribution in [1.29, 1.82) is 0 Å². The van der Waals surface area contributed by atoms with Gasteiger partial charge in [-0.3, -0.25) is 4.79 Å². The van der Waals surface area contributed by atoms with Crippen molar-refractivity contribution >= 4 is 11.6 Å². The second-order valence-corrected chi connectivity index (χ2v) is 2.23. The summed E-state index contributed by atoms with van der Waals surface area (Å²) in [6, 6.07) is 3.23. The zero-order chi connectivity index (χ0) is 8.55. The number of primary amides is 1. The minimum atomic E-state index is -0.532. The molecule has 0 saturated carbocycles. The molecular weight excluding hydrogens is 158 g/mol. The summed E-state index contributed by atoms with van der Waals surface area (Å²) in [6.45, 7) is 0. The lowest BCUT2D eigenvalue weighted by atomic mass is 10.2. The SMILES string of the molecule is NC(=O)c1cccn2nnnc12. The quantitative estimate of drug-likeness (QED) is 0.597. The van der Waals surface area contributed by atoms with Gasteiger partial charge in [0, 0.05) is 6.20 Å². The van der Waals surface area contributed by atoms with Gasteiger partial charge in [-0.15, -0.1) is 5.10 Å². The Hall–Kier alpha value is -1.98. The van der Waals surface area contributed by atoms with Crippen LogP contribution in [0.25, 0.3) is 5.65 Å². The van der Waals surface area contributed by atoms with Gasteiger partial charge in [0.2, 0.25) is 0 Å². The first-order valence-electron chi connectivity index (χ1n) is 3.25. The molecule has 0 unspecified atom stereocenters. The molecule has 0 aromatic carbocycles. The fraction of sp³-hybridized carbons (Fsp3) is 0. The molecule has 0 atom stereocenters. The second-order valence-electron chi connectivity index (χ2n) is 2.23. The Labute approximate surface area is 67.0 Å². The third-order valence-electron chi connectivity index (χ3n) is 1.49. The Morgan fingerprint density at radius 2 is 2.42 bits per heavy atom. The van der Waals surface area contributed by atoms with Crippen molar-refractivity contribution in [3.8, 4) is 0 Å². The zero-order valence-electron chi connectivity index (χ0n) is 6.01. The molecule has 6 nitrogen and oxygen atoms in total. The minimum Gasteiger partial charge on any atom is -0.365 e. The number of hydrogen-bond donors (Lipinski definition) is 1. The number of rotatable bonds is 1. The molecule has 0 spiro atoms. The molecule has 2 aromatic heterocycles. The third-order valence-corrected chi connectivity index (χ3v) is 1.49. The summed E-state index contributed by atoms with van der Waals surface area (Å²) in [6.07, 6.45) is 1.64. The lowest BCUT2D eigenvalue weighted by molar-refractivity contribution is 0.100. The Bertz CT molecular complexity index is 434. The Balaban J connectivity index is 2.82. The molecule has 0 radical (unpaired) electrons. The van der Waals surface area contributed by atoms with Crippen LogP contribution in [0.5, 0.6) is 0 Å². The number of fused-ring (bicyclic) bond motifs is 1. The Morgan fingerprint density at radius 1 is 1.58 bits per heavy atom. The summed E-state index contributed by atoms with van der Waals surface area (Å²) < 4.78 is 1.39. The van der Waals surface area contributed by atoms with Crippen LogP contribution >= 0.6 is 0 Å². The van der Waals surface area contributed by atoms with Crippen LogP contribution in [-0.4, -0.2) is 25.9 Å². The average Bonchev–Trinajstić information content (AvgIpc) is 2.49. The molecule has 2 heterocycles. The number of carbonyl (C=O) groups excluding carboxylic acids is 1. The van der Waals surface area contributed by atoms with Gasteiger partial charge in [-0.1, -0.05) is 0 Å². The molecule has 2 N–H and O–H groups in total. The van der Waals surface area contributed by atoms with E-state index in [1.165, 1.54) is 4.52 Å². The highest BCUT2D eigenvalue weighted by Gasteiger charge is 2.07. The first-order chi connectivity index (χ1) is 5.79. The highest BCUT2D eigenvalue weighted by molar-refractivity contribution is 5.98. The normalized spacial score (nSPS) is 10.3. The molecule has 1 amide bonds. The van der Waals surface area contributed by atoms with Gasteiger partial charge in [0.1, 0.15) is 0 Å². The summed E-state index contributed by atoms with van der Waals surface area (Å²) >= 11 is 0. The molecule has 60 valence electrons. The van der Waals surface area contributed by atoms with E-state index in [-0.39, 0.29) is 0 Å². The zero-order valence-corrected chi connectivity index (χ0v) is 6.01. The van der Waals surface area contributed by atoms with Gasteiger partial charge in [-0.2, -0.15) is 4.52 Å². The maximum Gasteiger partial charge on any atom is 0.252 e. The van der Waals surface area contributed by atoms with Crippen LogP contribution in [-0.2, 0) is 0 Å². The summed E-state index contributed by atoms with van der Waals surface area (Å²) in [4.78, 5) is 10.8. The van der Waals surface area contributed by atoms with E-state index in [9.17, 15) is 4.79 Å². The van der Waals surface area contributed by atoms with E-state index in [1.807, 2.05) is 0 Å². The van der Waals surface area contributed by atoms with Gasteiger partial charge < -0.3 is 5.73 Å². The van der Waals surface area contributed by atoms with E-state index < -0.39 is 5.91 Å². The number of amides is 1. The number of nitrogens with zero attached hydrogens (tertiary/aromatic N) is 4. The fourth-order valence-electron chi connectivity index (χ4n) is 0.959. The van der Waals surface area contributed by atoms with Gasteiger partial charge in [0.15, 0.2) is 5.65 Å². The van der Waals surface area contributed by atoms with Crippen molar-refractivity contribution < 1.29 is 4.79 Å². The number of carbonyl (C=O) groups is 1. The van der Waals surface area contributed by atoms with Crippen molar-refractivity contribution in [2.24, 2.45) is 5.73 Å². The van der Waals surface area contributed by atoms with Gasteiger partial charge in [0.25, 0.3) is 5.91 Å². The van der Waals surface area contributed by atoms with E-state index in [0.29, 0.717) is 11.2 Å². The topological polar surface area (TPSA) is 86.2 Å². The van der Waals surface area contributed by atoms with Crippen molar-refractivity contribution in [1.82, 2.24) is 20.0 Å². The van der Waals surface area contributed by atoms with E-state index >= 15 is 0 Å². The van der Waals surface area contributed by atoms with E-state index in [1.54, 1.807) is 18.3 Å². The van der Waals surface area contributed by atoms with Crippen LogP contribution in [0, 0.1) is 0 Å². The maximum absolute atomic E-state index is 10.8. The molecule has 2 rings (SSSR count). The predicted molar refractivity (Wildman–Crippen MR) is 39.3 cm³/mol. The van der Waals surface area contributed by atoms with Crippen molar-refractivity contribution in [3.05, 3.63) is 23.9 Å². The van der Waals surface area contributed by atoms with Crippen LogP contribution in [0.2, 0.25) is 0 Å². The first-order valence-corrected chi connectivity index (χ1v) is 3.25. The third kappa shape index (κ3) is 0.815. The van der Waals surface area contributed by atoms with Gasteiger partial charge >= 0.3 is 0 Å². The first kappa shape index (κ1) is 6.71. The second kappa shape index (κ2) is 2.26. The maximum atomic E-state index is 10.8. The molecule has 0 aliphatic carbocycles. The average molecular weight is 163 g/mol. The van der Waals surface area contributed by atoms with Gasteiger partial charge in [-0.05, 0) is 22.6 Å². The summed E-state index contributed by atoms with van der Waals surface area (Å²) in [5, 5.41) is 10.6. The molecule has 0 aliphatic rings. The monoisotopic (exact) mass is 163 g/mol. The molecular formula is C6H5N5O. The lowest BCUT2D eigenvalue weighted by Crippen LogP contribution is -2.12. The number of pyridine rings is 1. The van der Waals surface area contributed by atoms with Crippen LogP contribution in [0.4, 0.5) is 0 Å². The highest BCUT2D eigenvalue weighted by Crippen LogP contribution is 2.03. The molecule has 0 fully saturated rings. The minimum absolute atomic E-state index is 0.322. The van der Waals surface area contributed by atoms with Gasteiger partial charge in [-0.25, -0.2) is 0 Å².